The molecule has 2 fully saturated rings. The summed E-state index contributed by atoms with van der Waals surface area (Å²) in [5.41, 5.74) is 2.79. The molecule has 4 rings (SSSR count). The van der Waals surface area contributed by atoms with Gasteiger partial charge in [0.05, 0.1) is 60.6 Å². The van der Waals surface area contributed by atoms with Crippen molar-refractivity contribution in [3.8, 4) is 11.5 Å². The van der Waals surface area contributed by atoms with Gasteiger partial charge in [-0.15, -0.1) is 0 Å². The van der Waals surface area contributed by atoms with Crippen molar-refractivity contribution in [2.75, 3.05) is 61.1 Å². The lowest BCUT2D eigenvalue weighted by molar-refractivity contribution is -0.947. The van der Waals surface area contributed by atoms with Crippen LogP contribution in [-0.4, -0.2) is 82.2 Å². The molecule has 1 aromatic rings. The number of hydrogen-bond acceptors (Lipinski definition) is 3. The molecule has 2 saturated heterocycles. The predicted octanol–water partition coefficient (Wildman–Crippen LogP) is 4.02. The first kappa shape index (κ1) is 22.9. The molecule has 5 heteroatoms. The van der Waals surface area contributed by atoms with Crippen LogP contribution in [0, 0.1) is 5.92 Å². The third-order valence-electron chi connectivity index (χ3n) is 8.48. The summed E-state index contributed by atoms with van der Waals surface area (Å²) in [5.74, 6) is 2.42. The van der Waals surface area contributed by atoms with Crippen LogP contribution in [0.15, 0.2) is 12.1 Å². The van der Waals surface area contributed by atoms with E-state index in [9.17, 15) is 0 Å². The molecule has 0 amide bonds. The van der Waals surface area contributed by atoms with E-state index in [2.05, 4.69) is 33.2 Å². The fraction of sp³-hybridized carbons (Fsp3) is 0.769. The summed E-state index contributed by atoms with van der Waals surface area (Å²) in [5, 5.41) is 0. The highest BCUT2D eigenvalue weighted by Gasteiger charge is 2.43. The molecule has 0 radical (unpaired) electrons. The van der Waals surface area contributed by atoms with Gasteiger partial charge in [0.25, 0.3) is 0 Å². The Bertz CT molecular complexity index is 765. The van der Waals surface area contributed by atoms with Gasteiger partial charge in [0.15, 0.2) is 11.5 Å². The molecule has 0 bridgehead atoms. The van der Waals surface area contributed by atoms with Gasteiger partial charge in [-0.1, -0.05) is 0 Å². The predicted molar refractivity (Wildman–Crippen MR) is 125 cm³/mol. The third-order valence-corrected chi connectivity index (χ3v) is 8.48. The molecule has 2 unspecified atom stereocenters. The van der Waals surface area contributed by atoms with Gasteiger partial charge in [0.1, 0.15) is 19.2 Å². The lowest BCUT2D eigenvalue weighted by atomic mass is 9.82. The Hall–Kier alpha value is -1.30. The lowest BCUT2D eigenvalue weighted by Crippen LogP contribution is -2.61. The van der Waals surface area contributed by atoms with Crippen LogP contribution in [0.4, 0.5) is 0 Å². The fourth-order valence-electron chi connectivity index (χ4n) is 6.77. The number of nitrogens with zero attached hydrogens (tertiary/aromatic N) is 2. The molecule has 3 heterocycles. The van der Waals surface area contributed by atoms with Crippen molar-refractivity contribution in [2.45, 2.75) is 64.1 Å². The number of ether oxygens (including phenoxy) is 3. The second-order valence-electron chi connectivity index (χ2n) is 10.9. The average Bonchev–Trinajstić information content (AvgIpc) is 2.75. The van der Waals surface area contributed by atoms with E-state index >= 15 is 0 Å². The zero-order valence-electron chi connectivity index (χ0n) is 20.5. The van der Waals surface area contributed by atoms with Crippen LogP contribution in [0.25, 0.3) is 0 Å². The largest absolute Gasteiger partial charge is 0.493 e. The number of hydrogen-bond donors (Lipinski definition) is 0. The number of quaternary nitrogens is 2. The monoisotopic (exact) mass is 432 g/mol. The number of likely N-dealkylation sites (N-methyl/N-ethyl adjacent to an activating group) is 1. The molecule has 5 atom stereocenters. The van der Waals surface area contributed by atoms with Gasteiger partial charge in [0.2, 0.25) is 0 Å². The number of benzene rings is 1. The van der Waals surface area contributed by atoms with Crippen molar-refractivity contribution in [1.29, 1.82) is 0 Å². The summed E-state index contributed by atoms with van der Waals surface area (Å²) < 4.78 is 19.9. The van der Waals surface area contributed by atoms with Crippen LogP contribution in [0.3, 0.4) is 0 Å². The third kappa shape index (κ3) is 4.89. The minimum atomic E-state index is 0.288. The van der Waals surface area contributed by atoms with Crippen molar-refractivity contribution in [3.63, 3.8) is 0 Å². The first-order valence-electron chi connectivity index (χ1n) is 12.4. The summed E-state index contributed by atoms with van der Waals surface area (Å²) >= 11 is 0. The molecule has 174 valence electrons. The summed E-state index contributed by atoms with van der Waals surface area (Å²) in [7, 11) is 8.32. The summed E-state index contributed by atoms with van der Waals surface area (Å²) in [4.78, 5) is 0. The van der Waals surface area contributed by atoms with Gasteiger partial charge in [0, 0.05) is 24.3 Å². The second-order valence-corrected chi connectivity index (χ2v) is 10.9. The Morgan fingerprint density at radius 2 is 1.65 bits per heavy atom. The molecule has 3 aliphatic heterocycles. The number of rotatable bonds is 7. The summed E-state index contributed by atoms with van der Waals surface area (Å²) in [6.45, 7) is 9.23. The van der Waals surface area contributed by atoms with Crippen LogP contribution in [-0.2, 0) is 17.7 Å². The molecule has 31 heavy (non-hydrogen) atoms. The van der Waals surface area contributed by atoms with Gasteiger partial charge in [-0.3, -0.25) is 0 Å². The first-order chi connectivity index (χ1) is 14.9. The molecule has 0 N–H and O–H groups in total. The standard InChI is InChI=1S/C26H44N2O3/c1-20(31-19-22-9-8-13-28(3)12-7-6-10-24(22)28)17-27(2)14-11-21-15-25(29-4)26(30-5)16-23(21)18-27/h15-16,20,22,24H,6-14,17-19H2,1-5H3/q+2/t20-,22+,24-,27?,28?/m1/s1. The molecule has 3 aliphatic rings. The van der Waals surface area contributed by atoms with E-state index in [0.717, 1.165) is 60.6 Å². The highest BCUT2D eigenvalue weighted by molar-refractivity contribution is 5.47. The van der Waals surface area contributed by atoms with E-state index in [0.29, 0.717) is 0 Å². The number of piperidine rings is 2. The minimum Gasteiger partial charge on any atom is -0.493 e. The molecule has 0 saturated carbocycles. The van der Waals surface area contributed by atoms with Crippen molar-refractivity contribution in [3.05, 3.63) is 23.3 Å². The van der Waals surface area contributed by atoms with E-state index < -0.39 is 0 Å². The lowest BCUT2D eigenvalue weighted by Gasteiger charge is -2.51. The average molecular weight is 433 g/mol. The molecule has 0 aliphatic carbocycles. The van der Waals surface area contributed by atoms with Gasteiger partial charge in [-0.05, 0) is 50.3 Å². The van der Waals surface area contributed by atoms with Crippen LogP contribution in [0.2, 0.25) is 0 Å². The first-order valence-corrected chi connectivity index (χ1v) is 12.4. The number of fused-ring (bicyclic) bond motifs is 2. The Balaban J connectivity index is 1.35. The fourth-order valence-corrected chi connectivity index (χ4v) is 6.77. The maximum atomic E-state index is 6.54. The Kier molecular flexibility index (Phi) is 6.85. The summed E-state index contributed by atoms with van der Waals surface area (Å²) in [6, 6.07) is 5.17. The molecule has 1 aromatic carbocycles. The zero-order chi connectivity index (χ0) is 22.1. The van der Waals surface area contributed by atoms with Crippen molar-refractivity contribution < 1.29 is 23.2 Å². The quantitative estimate of drug-likeness (QED) is 0.609. The highest BCUT2D eigenvalue weighted by Crippen LogP contribution is 2.37. The van der Waals surface area contributed by atoms with Crippen LogP contribution in [0.5, 0.6) is 11.5 Å². The smallest absolute Gasteiger partial charge is 0.161 e. The van der Waals surface area contributed by atoms with Crippen molar-refractivity contribution >= 4 is 0 Å². The molecular weight excluding hydrogens is 388 g/mol. The minimum absolute atomic E-state index is 0.288. The summed E-state index contributed by atoms with van der Waals surface area (Å²) in [6.07, 6.45) is 8.31. The Morgan fingerprint density at radius 1 is 0.935 bits per heavy atom. The zero-order valence-corrected chi connectivity index (χ0v) is 20.5. The van der Waals surface area contributed by atoms with Crippen molar-refractivity contribution in [1.82, 2.24) is 0 Å². The Morgan fingerprint density at radius 3 is 2.39 bits per heavy atom. The molecule has 5 nitrogen and oxygen atoms in total. The molecule has 0 spiro atoms. The normalized spacial score (nSPS) is 33.8. The van der Waals surface area contributed by atoms with Gasteiger partial charge in [-0.25, -0.2) is 0 Å². The van der Waals surface area contributed by atoms with E-state index in [1.807, 2.05) is 0 Å². The second kappa shape index (κ2) is 9.29. The van der Waals surface area contributed by atoms with E-state index in [1.54, 1.807) is 14.2 Å². The van der Waals surface area contributed by atoms with Gasteiger partial charge in [-0.2, -0.15) is 0 Å². The van der Waals surface area contributed by atoms with E-state index in [4.69, 9.17) is 14.2 Å². The maximum absolute atomic E-state index is 6.54. The Labute approximate surface area is 189 Å². The SMILES string of the molecule is COc1cc2c(cc1OC)C[N+](C)(C[C@@H](C)OC[C@@H]1CCC[N+]3(C)CCCC[C@H]13)CC2. The molecular formula is C26H44N2O3+2. The van der Waals surface area contributed by atoms with Crippen molar-refractivity contribution in [2.24, 2.45) is 5.92 Å². The highest BCUT2D eigenvalue weighted by atomic mass is 16.5. The molecule has 0 aromatic heterocycles. The van der Waals surface area contributed by atoms with Crippen LogP contribution >= 0.6 is 0 Å². The van der Waals surface area contributed by atoms with Crippen LogP contribution in [0.1, 0.15) is 50.2 Å². The maximum Gasteiger partial charge on any atom is 0.161 e. The number of methoxy groups -OCH3 is 2. The van der Waals surface area contributed by atoms with Gasteiger partial charge < -0.3 is 23.2 Å². The topological polar surface area (TPSA) is 27.7 Å². The van der Waals surface area contributed by atoms with E-state index in [-0.39, 0.29) is 6.10 Å². The van der Waals surface area contributed by atoms with Crippen LogP contribution < -0.4 is 9.47 Å². The van der Waals surface area contributed by atoms with Gasteiger partial charge >= 0.3 is 0 Å². The van der Waals surface area contributed by atoms with E-state index in [1.165, 1.54) is 60.8 Å².